The smallest absolute Gasteiger partial charge is 0.312 e. The summed E-state index contributed by atoms with van der Waals surface area (Å²) in [6.45, 7) is 0. The fraction of sp³-hybridized carbons (Fsp3) is 0.214. The van der Waals surface area contributed by atoms with Crippen LogP contribution in [0, 0.1) is 0 Å². The van der Waals surface area contributed by atoms with Crippen LogP contribution < -0.4 is 4.74 Å². The summed E-state index contributed by atoms with van der Waals surface area (Å²) < 4.78 is 5.74. The SMILES string of the molecule is COc1cccc(CC(C(=O)O)c2ccc(Cl)s2)c1. The van der Waals surface area contributed by atoms with E-state index in [0.717, 1.165) is 16.2 Å². The highest BCUT2D eigenvalue weighted by molar-refractivity contribution is 7.16. The number of carboxylic acid groups (broad SMARTS) is 1. The molecule has 19 heavy (non-hydrogen) atoms. The van der Waals surface area contributed by atoms with Crippen molar-refractivity contribution in [2.24, 2.45) is 0 Å². The highest BCUT2D eigenvalue weighted by Gasteiger charge is 2.22. The Morgan fingerprint density at radius 3 is 2.79 bits per heavy atom. The Bertz CT molecular complexity index is 580. The van der Waals surface area contributed by atoms with Crippen LogP contribution in [0.2, 0.25) is 4.34 Å². The van der Waals surface area contributed by atoms with Crippen molar-refractivity contribution in [1.29, 1.82) is 0 Å². The summed E-state index contributed by atoms with van der Waals surface area (Å²) in [6, 6.07) is 10.9. The fourth-order valence-electron chi connectivity index (χ4n) is 1.86. The number of ether oxygens (including phenoxy) is 1. The van der Waals surface area contributed by atoms with Crippen LogP contribution in [0.25, 0.3) is 0 Å². The molecule has 0 aliphatic rings. The van der Waals surface area contributed by atoms with Gasteiger partial charge in [-0.15, -0.1) is 11.3 Å². The van der Waals surface area contributed by atoms with Crippen molar-refractivity contribution in [2.45, 2.75) is 12.3 Å². The van der Waals surface area contributed by atoms with Gasteiger partial charge in [-0.1, -0.05) is 23.7 Å². The van der Waals surface area contributed by atoms with Gasteiger partial charge in [-0.05, 0) is 36.2 Å². The van der Waals surface area contributed by atoms with E-state index in [-0.39, 0.29) is 0 Å². The molecule has 100 valence electrons. The third kappa shape index (κ3) is 3.49. The van der Waals surface area contributed by atoms with Gasteiger partial charge in [0.05, 0.1) is 17.4 Å². The van der Waals surface area contributed by atoms with E-state index in [1.165, 1.54) is 11.3 Å². The zero-order valence-corrected chi connectivity index (χ0v) is 11.9. The summed E-state index contributed by atoms with van der Waals surface area (Å²) in [5.41, 5.74) is 0.927. The molecule has 0 saturated carbocycles. The average molecular weight is 297 g/mol. The maximum atomic E-state index is 11.4. The largest absolute Gasteiger partial charge is 0.497 e. The second kappa shape index (κ2) is 6.08. The molecule has 1 aromatic carbocycles. The number of hydrogen-bond acceptors (Lipinski definition) is 3. The van der Waals surface area contributed by atoms with Crippen LogP contribution in [0.15, 0.2) is 36.4 Å². The van der Waals surface area contributed by atoms with E-state index < -0.39 is 11.9 Å². The van der Waals surface area contributed by atoms with Crippen LogP contribution in [-0.4, -0.2) is 18.2 Å². The van der Waals surface area contributed by atoms with Gasteiger partial charge in [0.1, 0.15) is 5.75 Å². The molecule has 0 amide bonds. The quantitative estimate of drug-likeness (QED) is 0.912. The molecule has 1 heterocycles. The molecule has 0 saturated heterocycles. The van der Waals surface area contributed by atoms with E-state index in [9.17, 15) is 9.90 Å². The predicted octanol–water partition coefficient (Wildman–Crippen LogP) is 3.82. The standard InChI is InChI=1S/C14H13ClO3S/c1-18-10-4-2-3-9(7-10)8-11(14(16)17)12-5-6-13(15)19-12/h2-7,11H,8H2,1H3,(H,16,17). The van der Waals surface area contributed by atoms with Gasteiger partial charge in [-0.3, -0.25) is 4.79 Å². The third-order valence-electron chi connectivity index (χ3n) is 2.81. The topological polar surface area (TPSA) is 46.5 Å². The molecule has 0 spiro atoms. The summed E-state index contributed by atoms with van der Waals surface area (Å²) in [6.07, 6.45) is 0.420. The van der Waals surface area contributed by atoms with E-state index in [4.69, 9.17) is 16.3 Å². The van der Waals surface area contributed by atoms with Crippen LogP contribution >= 0.6 is 22.9 Å². The van der Waals surface area contributed by atoms with E-state index >= 15 is 0 Å². The fourth-order valence-corrected chi connectivity index (χ4v) is 3.01. The first kappa shape index (κ1) is 13.9. The summed E-state index contributed by atoms with van der Waals surface area (Å²) in [5.74, 6) is -0.697. The minimum atomic E-state index is -0.846. The van der Waals surface area contributed by atoms with Crippen LogP contribution in [0.5, 0.6) is 5.75 Å². The first-order valence-corrected chi connectivity index (χ1v) is 6.90. The van der Waals surface area contributed by atoms with Gasteiger partial charge < -0.3 is 9.84 Å². The molecule has 1 atom stereocenters. The lowest BCUT2D eigenvalue weighted by Crippen LogP contribution is -2.13. The molecule has 2 aromatic rings. The van der Waals surface area contributed by atoms with Gasteiger partial charge in [0, 0.05) is 4.88 Å². The number of benzene rings is 1. The molecule has 0 radical (unpaired) electrons. The Hall–Kier alpha value is -1.52. The molecular formula is C14H13ClO3S. The van der Waals surface area contributed by atoms with Crippen molar-refractivity contribution in [3.05, 3.63) is 51.2 Å². The van der Waals surface area contributed by atoms with Crippen LogP contribution in [-0.2, 0) is 11.2 Å². The molecular weight excluding hydrogens is 284 g/mol. The highest BCUT2D eigenvalue weighted by Crippen LogP contribution is 2.31. The van der Waals surface area contributed by atoms with Crippen molar-refractivity contribution in [3.8, 4) is 5.75 Å². The van der Waals surface area contributed by atoms with Gasteiger partial charge in [0.15, 0.2) is 0 Å². The van der Waals surface area contributed by atoms with Crippen LogP contribution in [0.4, 0.5) is 0 Å². The molecule has 1 N–H and O–H groups in total. The number of carboxylic acids is 1. The highest BCUT2D eigenvalue weighted by atomic mass is 35.5. The Morgan fingerprint density at radius 1 is 1.42 bits per heavy atom. The number of thiophene rings is 1. The number of hydrogen-bond donors (Lipinski definition) is 1. The van der Waals surface area contributed by atoms with Crippen molar-refractivity contribution in [1.82, 2.24) is 0 Å². The van der Waals surface area contributed by atoms with E-state index in [2.05, 4.69) is 0 Å². The van der Waals surface area contributed by atoms with Gasteiger partial charge in [0.2, 0.25) is 0 Å². The molecule has 2 rings (SSSR count). The van der Waals surface area contributed by atoms with Crippen LogP contribution in [0.3, 0.4) is 0 Å². The summed E-state index contributed by atoms with van der Waals surface area (Å²) in [7, 11) is 1.59. The second-order valence-electron chi connectivity index (χ2n) is 4.09. The number of carbonyl (C=O) groups is 1. The third-order valence-corrected chi connectivity index (χ3v) is 4.15. The van der Waals surface area contributed by atoms with Crippen molar-refractivity contribution in [3.63, 3.8) is 0 Å². The number of aliphatic carboxylic acids is 1. The second-order valence-corrected chi connectivity index (χ2v) is 5.84. The molecule has 1 unspecified atom stereocenters. The molecule has 0 aliphatic carbocycles. The minimum Gasteiger partial charge on any atom is -0.497 e. The molecule has 0 bridgehead atoms. The van der Waals surface area contributed by atoms with E-state index in [1.807, 2.05) is 24.3 Å². The zero-order chi connectivity index (χ0) is 13.8. The maximum absolute atomic E-state index is 11.4. The Kier molecular flexibility index (Phi) is 4.45. The van der Waals surface area contributed by atoms with Crippen molar-refractivity contribution < 1.29 is 14.6 Å². The van der Waals surface area contributed by atoms with Crippen molar-refractivity contribution in [2.75, 3.05) is 7.11 Å². The monoisotopic (exact) mass is 296 g/mol. The Morgan fingerprint density at radius 2 is 2.21 bits per heavy atom. The van der Waals surface area contributed by atoms with Gasteiger partial charge in [0.25, 0.3) is 0 Å². The summed E-state index contributed by atoms with van der Waals surface area (Å²) in [4.78, 5) is 12.2. The Labute approximate surface area is 120 Å². The number of halogens is 1. The maximum Gasteiger partial charge on any atom is 0.312 e. The minimum absolute atomic E-state index is 0.420. The number of rotatable bonds is 5. The predicted molar refractivity (Wildman–Crippen MR) is 76.4 cm³/mol. The van der Waals surface area contributed by atoms with Crippen LogP contribution in [0.1, 0.15) is 16.4 Å². The normalized spacial score (nSPS) is 12.1. The van der Waals surface area contributed by atoms with E-state index in [0.29, 0.717) is 10.8 Å². The lowest BCUT2D eigenvalue weighted by molar-refractivity contribution is -0.138. The number of methoxy groups -OCH3 is 1. The molecule has 0 fully saturated rings. The van der Waals surface area contributed by atoms with Gasteiger partial charge in [-0.25, -0.2) is 0 Å². The van der Waals surface area contributed by atoms with E-state index in [1.54, 1.807) is 19.2 Å². The first-order valence-electron chi connectivity index (χ1n) is 5.71. The van der Waals surface area contributed by atoms with Gasteiger partial charge >= 0.3 is 5.97 Å². The average Bonchev–Trinajstić information content (AvgIpc) is 2.82. The Balaban J connectivity index is 2.23. The molecule has 1 aromatic heterocycles. The molecule has 3 nitrogen and oxygen atoms in total. The molecule has 0 aliphatic heterocycles. The summed E-state index contributed by atoms with van der Waals surface area (Å²) >= 11 is 7.17. The zero-order valence-electron chi connectivity index (χ0n) is 10.3. The lowest BCUT2D eigenvalue weighted by Gasteiger charge is -2.11. The summed E-state index contributed by atoms with van der Waals surface area (Å²) in [5, 5.41) is 9.36. The lowest BCUT2D eigenvalue weighted by atomic mass is 9.98. The molecule has 5 heteroatoms. The van der Waals surface area contributed by atoms with Crippen molar-refractivity contribution >= 4 is 28.9 Å². The first-order chi connectivity index (χ1) is 9.10. The van der Waals surface area contributed by atoms with Gasteiger partial charge in [-0.2, -0.15) is 0 Å².